The average Bonchev–Trinajstić information content (AvgIpc) is 2.43. The number of hydrogen-bond donors (Lipinski definition) is 2. The van der Waals surface area contributed by atoms with Gasteiger partial charge in [-0.15, -0.1) is 0 Å². The average molecular weight is 394 g/mol. The van der Waals surface area contributed by atoms with E-state index in [0.717, 1.165) is 4.47 Å². The molecule has 2 N–H and O–H groups in total. The van der Waals surface area contributed by atoms with Crippen molar-refractivity contribution in [1.82, 2.24) is 10.6 Å². The lowest BCUT2D eigenvalue weighted by molar-refractivity contribution is 0.578. The molecule has 5 nitrogen and oxygen atoms in total. The Labute approximate surface area is 139 Å². The van der Waals surface area contributed by atoms with Gasteiger partial charge in [-0.2, -0.15) is 0 Å². The summed E-state index contributed by atoms with van der Waals surface area (Å²) < 4.78 is 36.8. The molecule has 1 unspecified atom stereocenters. The highest BCUT2D eigenvalue weighted by Gasteiger charge is 2.10. The van der Waals surface area contributed by atoms with Crippen LogP contribution in [0, 0.1) is 5.82 Å². The predicted molar refractivity (Wildman–Crippen MR) is 91.2 cm³/mol. The minimum absolute atomic E-state index is 0.0618. The lowest BCUT2D eigenvalue weighted by Crippen LogP contribution is -2.42. The third-order valence-electron chi connectivity index (χ3n) is 2.98. The van der Waals surface area contributed by atoms with Crippen LogP contribution in [0.5, 0.6) is 0 Å². The van der Waals surface area contributed by atoms with Crippen LogP contribution in [0.25, 0.3) is 0 Å². The molecule has 0 radical (unpaired) electrons. The maximum absolute atomic E-state index is 13.7. The first-order chi connectivity index (χ1) is 10.2. The van der Waals surface area contributed by atoms with E-state index in [1.54, 1.807) is 19.2 Å². The highest BCUT2D eigenvalue weighted by atomic mass is 79.9. The van der Waals surface area contributed by atoms with Crippen LogP contribution in [-0.2, 0) is 16.4 Å². The number of benzene rings is 1. The van der Waals surface area contributed by atoms with Gasteiger partial charge in [0.25, 0.3) is 0 Å². The Balaban J connectivity index is 2.54. The summed E-state index contributed by atoms with van der Waals surface area (Å²) in [5.74, 6) is 0.315. The molecule has 22 heavy (non-hydrogen) atoms. The van der Waals surface area contributed by atoms with E-state index >= 15 is 0 Å². The first-order valence-electron chi connectivity index (χ1n) is 6.80. The smallest absolute Gasteiger partial charge is 0.191 e. The van der Waals surface area contributed by atoms with Crippen molar-refractivity contribution in [3.05, 3.63) is 34.1 Å². The maximum Gasteiger partial charge on any atom is 0.191 e. The predicted octanol–water partition coefficient (Wildman–Crippen LogP) is 2.08. The molecule has 0 fully saturated rings. The van der Waals surface area contributed by atoms with Crippen molar-refractivity contribution < 1.29 is 12.8 Å². The van der Waals surface area contributed by atoms with Gasteiger partial charge in [-0.05, 0) is 31.5 Å². The summed E-state index contributed by atoms with van der Waals surface area (Å²) in [7, 11) is -1.38. The van der Waals surface area contributed by atoms with Crippen LogP contribution in [0.3, 0.4) is 0 Å². The number of nitrogens with one attached hydrogen (secondary N) is 2. The van der Waals surface area contributed by atoms with Crippen LogP contribution in [0.2, 0.25) is 0 Å². The van der Waals surface area contributed by atoms with Gasteiger partial charge in [0.05, 0.1) is 5.75 Å². The monoisotopic (exact) mass is 393 g/mol. The molecule has 1 aromatic rings. The van der Waals surface area contributed by atoms with Gasteiger partial charge >= 0.3 is 0 Å². The zero-order chi connectivity index (χ0) is 16.8. The minimum Gasteiger partial charge on any atom is -0.354 e. The number of nitrogens with zero attached hydrogens (tertiary/aromatic N) is 1. The van der Waals surface area contributed by atoms with Crippen molar-refractivity contribution in [2.45, 2.75) is 25.9 Å². The Bertz CT molecular complexity index is 635. The zero-order valence-electron chi connectivity index (χ0n) is 12.9. The van der Waals surface area contributed by atoms with Gasteiger partial charge < -0.3 is 10.6 Å². The van der Waals surface area contributed by atoms with E-state index in [4.69, 9.17) is 0 Å². The van der Waals surface area contributed by atoms with Crippen molar-refractivity contribution in [3.8, 4) is 0 Å². The highest BCUT2D eigenvalue weighted by Crippen LogP contribution is 2.15. The fraction of sp³-hybridized carbons (Fsp3) is 0.500. The van der Waals surface area contributed by atoms with Gasteiger partial charge in [0.15, 0.2) is 5.96 Å². The summed E-state index contributed by atoms with van der Waals surface area (Å²) in [4.78, 5) is 4.05. The van der Waals surface area contributed by atoms with Crippen LogP contribution in [0.1, 0.15) is 18.9 Å². The van der Waals surface area contributed by atoms with Gasteiger partial charge in [-0.3, -0.25) is 4.99 Å². The van der Waals surface area contributed by atoms with Crippen molar-refractivity contribution in [1.29, 1.82) is 0 Å². The number of rotatable bonds is 6. The molecular weight excluding hydrogens is 373 g/mol. The number of guanidine groups is 1. The zero-order valence-corrected chi connectivity index (χ0v) is 15.3. The lowest BCUT2D eigenvalue weighted by Gasteiger charge is -2.17. The molecule has 0 bridgehead atoms. The van der Waals surface area contributed by atoms with Crippen LogP contribution >= 0.6 is 15.9 Å². The van der Waals surface area contributed by atoms with Crippen molar-refractivity contribution >= 4 is 31.7 Å². The van der Waals surface area contributed by atoms with E-state index in [1.807, 2.05) is 6.92 Å². The van der Waals surface area contributed by atoms with E-state index in [1.165, 1.54) is 12.3 Å². The summed E-state index contributed by atoms with van der Waals surface area (Å²) in [5.41, 5.74) is 0.515. The molecule has 0 saturated carbocycles. The quantitative estimate of drug-likeness (QED) is 0.573. The molecule has 0 saturated heterocycles. The summed E-state index contributed by atoms with van der Waals surface area (Å²) in [6.07, 6.45) is 1.69. The fourth-order valence-corrected chi connectivity index (χ4v) is 2.94. The van der Waals surface area contributed by atoms with Crippen LogP contribution in [-0.4, -0.2) is 39.5 Å². The molecular formula is C14H21BrFN3O2S. The summed E-state index contributed by atoms with van der Waals surface area (Å²) >= 11 is 3.30. The Morgan fingerprint density at radius 1 is 1.45 bits per heavy atom. The van der Waals surface area contributed by atoms with Crippen LogP contribution < -0.4 is 10.6 Å². The molecule has 1 aromatic carbocycles. The molecule has 1 rings (SSSR count). The van der Waals surface area contributed by atoms with E-state index < -0.39 is 9.84 Å². The summed E-state index contributed by atoms with van der Waals surface area (Å²) in [6, 6.07) is 4.67. The number of sulfone groups is 1. The molecule has 124 valence electrons. The molecule has 0 heterocycles. The van der Waals surface area contributed by atoms with Crippen LogP contribution in [0.15, 0.2) is 27.7 Å². The van der Waals surface area contributed by atoms with Gasteiger partial charge in [0.1, 0.15) is 15.7 Å². The van der Waals surface area contributed by atoms with Gasteiger partial charge in [-0.25, -0.2) is 12.8 Å². The maximum atomic E-state index is 13.7. The van der Waals surface area contributed by atoms with E-state index in [9.17, 15) is 12.8 Å². The Kier molecular flexibility index (Phi) is 7.28. The highest BCUT2D eigenvalue weighted by molar-refractivity contribution is 9.10. The molecule has 1 atom stereocenters. The minimum atomic E-state index is -2.98. The first kappa shape index (κ1) is 18.9. The topological polar surface area (TPSA) is 70.6 Å². The molecule has 0 spiro atoms. The number of hydrogen-bond acceptors (Lipinski definition) is 3. The van der Waals surface area contributed by atoms with Gasteiger partial charge in [-0.1, -0.05) is 15.9 Å². The van der Waals surface area contributed by atoms with Gasteiger partial charge in [0.2, 0.25) is 0 Å². The lowest BCUT2D eigenvalue weighted by atomic mass is 10.2. The molecule has 0 aliphatic heterocycles. The molecule has 0 aromatic heterocycles. The Morgan fingerprint density at radius 2 is 2.14 bits per heavy atom. The second-order valence-electron chi connectivity index (χ2n) is 5.13. The van der Waals surface area contributed by atoms with E-state index in [2.05, 4.69) is 31.6 Å². The van der Waals surface area contributed by atoms with Crippen molar-refractivity contribution in [2.24, 2.45) is 4.99 Å². The summed E-state index contributed by atoms with van der Waals surface area (Å²) in [6.45, 7) is 2.15. The second-order valence-corrected chi connectivity index (χ2v) is 8.30. The number of halogens is 2. The van der Waals surface area contributed by atoms with Crippen molar-refractivity contribution in [3.63, 3.8) is 0 Å². The fourth-order valence-electron chi connectivity index (χ4n) is 1.75. The third kappa shape index (κ3) is 7.22. The Hall–Kier alpha value is -1.15. The van der Waals surface area contributed by atoms with E-state index in [0.29, 0.717) is 17.9 Å². The first-order valence-corrected chi connectivity index (χ1v) is 9.65. The second kappa shape index (κ2) is 8.47. The normalized spacial score (nSPS) is 13.8. The standard InChI is InChI=1S/C14H21BrFN3O2S/c1-10(6-7-22(3,20)21)19-14(17-2)18-9-11-8-12(15)4-5-13(11)16/h4-5,8,10H,6-7,9H2,1-3H3,(H2,17,18,19). The van der Waals surface area contributed by atoms with Gasteiger partial charge in [0, 0.05) is 35.9 Å². The molecule has 8 heteroatoms. The van der Waals surface area contributed by atoms with E-state index in [-0.39, 0.29) is 24.2 Å². The molecule has 0 aliphatic rings. The van der Waals surface area contributed by atoms with Crippen LogP contribution in [0.4, 0.5) is 4.39 Å². The largest absolute Gasteiger partial charge is 0.354 e. The Morgan fingerprint density at radius 3 is 2.73 bits per heavy atom. The van der Waals surface area contributed by atoms with Crippen molar-refractivity contribution in [2.75, 3.05) is 19.1 Å². The molecule has 0 amide bonds. The summed E-state index contributed by atoms with van der Waals surface area (Å²) in [5, 5.41) is 6.09. The molecule has 0 aliphatic carbocycles. The number of aliphatic imine (C=N–C) groups is 1. The SMILES string of the molecule is CN=C(NCc1cc(Br)ccc1F)NC(C)CCS(C)(=O)=O. The third-order valence-corrected chi connectivity index (χ3v) is 4.45.